The molecule has 29 heavy (non-hydrogen) atoms. The molecule has 2 fully saturated rings. The molecule has 7 heteroatoms. The molecule has 2 aliphatic heterocycles. The Morgan fingerprint density at radius 1 is 1.21 bits per heavy atom. The summed E-state index contributed by atoms with van der Waals surface area (Å²) in [7, 11) is 0. The van der Waals surface area contributed by atoms with Gasteiger partial charge in [-0.3, -0.25) is 9.59 Å². The first-order valence-corrected chi connectivity index (χ1v) is 10.5. The van der Waals surface area contributed by atoms with Crippen LogP contribution in [0.15, 0.2) is 24.3 Å². The van der Waals surface area contributed by atoms with Crippen molar-refractivity contribution < 1.29 is 14.3 Å². The number of fused-ring (bicyclic) bond motifs is 1. The van der Waals surface area contributed by atoms with E-state index in [1.807, 2.05) is 23.1 Å². The Hall–Kier alpha value is -2.80. The van der Waals surface area contributed by atoms with Gasteiger partial charge in [0.25, 0.3) is 5.91 Å². The standard InChI is InChI=1S/C22H26N4O3/c27-14-15-3-6-18(11-16(15)13-23-17-4-5-17)26-9-10-29-20-12-19(24-21(20)26)22(28)25-7-1-2-8-25/h3,6,11-12,14,17,23-24H,1-2,4-5,7-10,13H2. The van der Waals surface area contributed by atoms with Crippen LogP contribution < -0.4 is 15.0 Å². The number of carbonyl (C=O) groups excluding carboxylic acids is 2. The van der Waals surface area contributed by atoms with E-state index in [9.17, 15) is 9.59 Å². The maximum atomic E-state index is 12.8. The largest absolute Gasteiger partial charge is 0.488 e. The van der Waals surface area contributed by atoms with Crippen molar-refractivity contribution in [3.8, 4) is 5.75 Å². The van der Waals surface area contributed by atoms with Crippen LogP contribution in [0.2, 0.25) is 0 Å². The fourth-order valence-corrected chi connectivity index (χ4v) is 4.13. The van der Waals surface area contributed by atoms with Gasteiger partial charge in [0.1, 0.15) is 18.6 Å². The van der Waals surface area contributed by atoms with E-state index in [0.29, 0.717) is 42.7 Å². The average Bonchev–Trinajstić information content (AvgIpc) is 3.24. The lowest BCUT2D eigenvalue weighted by molar-refractivity contribution is 0.0787. The van der Waals surface area contributed by atoms with Gasteiger partial charge in [0, 0.05) is 43.0 Å². The number of H-pyrrole nitrogens is 1. The summed E-state index contributed by atoms with van der Waals surface area (Å²) in [5, 5.41) is 3.49. The molecule has 7 nitrogen and oxygen atoms in total. The molecule has 1 saturated heterocycles. The number of anilines is 2. The summed E-state index contributed by atoms with van der Waals surface area (Å²) in [5.74, 6) is 1.54. The minimum atomic E-state index is 0.0334. The Kier molecular flexibility index (Phi) is 4.75. The van der Waals surface area contributed by atoms with Gasteiger partial charge in [-0.25, -0.2) is 0 Å². The summed E-state index contributed by atoms with van der Waals surface area (Å²) in [5.41, 5.74) is 3.28. The van der Waals surface area contributed by atoms with Crippen molar-refractivity contribution in [2.75, 3.05) is 31.1 Å². The summed E-state index contributed by atoms with van der Waals surface area (Å²) < 4.78 is 5.82. The molecule has 3 aliphatic rings. The lowest BCUT2D eigenvalue weighted by Gasteiger charge is -2.29. The Balaban J connectivity index is 1.43. The second-order valence-electron chi connectivity index (χ2n) is 8.05. The van der Waals surface area contributed by atoms with Crippen LogP contribution in [-0.4, -0.2) is 54.4 Å². The molecule has 0 radical (unpaired) electrons. The highest BCUT2D eigenvalue weighted by Gasteiger charge is 2.28. The van der Waals surface area contributed by atoms with Crippen molar-refractivity contribution in [3.05, 3.63) is 41.1 Å². The number of aromatic nitrogens is 1. The molecular weight excluding hydrogens is 368 g/mol. The number of aromatic amines is 1. The third kappa shape index (κ3) is 3.62. The predicted octanol–water partition coefficient (Wildman–Crippen LogP) is 2.85. The highest BCUT2D eigenvalue weighted by atomic mass is 16.5. The van der Waals surface area contributed by atoms with Crippen LogP contribution in [0.5, 0.6) is 5.75 Å². The van der Waals surface area contributed by atoms with Crippen molar-refractivity contribution in [2.45, 2.75) is 38.3 Å². The molecule has 0 bridgehead atoms. The predicted molar refractivity (Wildman–Crippen MR) is 110 cm³/mol. The summed E-state index contributed by atoms with van der Waals surface area (Å²) in [6, 6.07) is 8.30. The average molecular weight is 394 g/mol. The quantitative estimate of drug-likeness (QED) is 0.737. The highest BCUT2D eigenvalue weighted by Crippen LogP contribution is 2.37. The number of nitrogens with one attached hydrogen (secondary N) is 2. The number of ether oxygens (including phenoxy) is 1. The number of amides is 1. The van der Waals surface area contributed by atoms with Gasteiger partial charge in [-0.05, 0) is 49.4 Å². The fourth-order valence-electron chi connectivity index (χ4n) is 4.13. The van der Waals surface area contributed by atoms with Gasteiger partial charge < -0.3 is 24.8 Å². The Bertz CT molecular complexity index is 928. The molecule has 1 aromatic carbocycles. The van der Waals surface area contributed by atoms with E-state index >= 15 is 0 Å². The van der Waals surface area contributed by atoms with Crippen LogP contribution in [0, 0.1) is 0 Å². The molecule has 1 amide bonds. The van der Waals surface area contributed by atoms with Crippen LogP contribution in [-0.2, 0) is 6.54 Å². The zero-order chi connectivity index (χ0) is 19.8. The van der Waals surface area contributed by atoms with Crippen molar-refractivity contribution in [1.82, 2.24) is 15.2 Å². The SMILES string of the molecule is O=Cc1ccc(N2CCOc3cc(C(=O)N4CCCC4)[nH]c32)cc1CNC1CC1. The fraction of sp³-hybridized carbons (Fsp3) is 0.455. The van der Waals surface area contributed by atoms with E-state index in [1.165, 1.54) is 12.8 Å². The number of aldehydes is 1. The monoisotopic (exact) mass is 394 g/mol. The lowest BCUT2D eigenvalue weighted by Crippen LogP contribution is -2.29. The third-order valence-corrected chi connectivity index (χ3v) is 5.95. The molecular formula is C22H26N4O3. The maximum absolute atomic E-state index is 12.8. The van der Waals surface area contributed by atoms with Crippen molar-refractivity contribution in [3.63, 3.8) is 0 Å². The van der Waals surface area contributed by atoms with Crippen LogP contribution in [0.25, 0.3) is 0 Å². The molecule has 2 N–H and O–H groups in total. The zero-order valence-electron chi connectivity index (χ0n) is 16.4. The number of hydrogen-bond donors (Lipinski definition) is 2. The smallest absolute Gasteiger partial charge is 0.270 e. The van der Waals surface area contributed by atoms with Crippen LogP contribution in [0.4, 0.5) is 11.5 Å². The van der Waals surface area contributed by atoms with Gasteiger partial charge in [0.15, 0.2) is 11.6 Å². The molecule has 5 rings (SSSR count). The van der Waals surface area contributed by atoms with E-state index < -0.39 is 0 Å². The van der Waals surface area contributed by atoms with Gasteiger partial charge in [0.05, 0.1) is 6.54 Å². The molecule has 0 spiro atoms. The number of nitrogens with zero attached hydrogens (tertiary/aromatic N) is 2. The second-order valence-corrected chi connectivity index (χ2v) is 8.05. The van der Waals surface area contributed by atoms with Gasteiger partial charge in [-0.1, -0.05) is 0 Å². The summed E-state index contributed by atoms with van der Waals surface area (Å²) in [6.45, 7) is 3.55. The summed E-state index contributed by atoms with van der Waals surface area (Å²) >= 11 is 0. The number of hydrogen-bond acceptors (Lipinski definition) is 5. The first-order chi connectivity index (χ1) is 14.2. The second kappa shape index (κ2) is 7.55. The summed E-state index contributed by atoms with van der Waals surface area (Å²) in [4.78, 5) is 31.6. The topological polar surface area (TPSA) is 77.7 Å². The minimum Gasteiger partial charge on any atom is -0.488 e. The van der Waals surface area contributed by atoms with Crippen molar-refractivity contribution in [2.24, 2.45) is 0 Å². The van der Waals surface area contributed by atoms with Gasteiger partial charge in [-0.15, -0.1) is 0 Å². The van der Waals surface area contributed by atoms with Crippen molar-refractivity contribution in [1.29, 1.82) is 0 Å². The Morgan fingerprint density at radius 2 is 2.03 bits per heavy atom. The molecule has 1 saturated carbocycles. The van der Waals surface area contributed by atoms with Crippen LogP contribution in [0.1, 0.15) is 52.1 Å². The van der Waals surface area contributed by atoms with Crippen molar-refractivity contribution >= 4 is 23.7 Å². The molecule has 0 unspecified atom stereocenters. The summed E-state index contributed by atoms with van der Waals surface area (Å²) in [6.07, 6.45) is 5.46. The number of rotatable bonds is 6. The lowest BCUT2D eigenvalue weighted by atomic mass is 10.1. The molecule has 1 aromatic heterocycles. The normalized spacial score (nSPS) is 18.5. The molecule has 2 aromatic rings. The van der Waals surface area contributed by atoms with E-state index in [4.69, 9.17) is 4.74 Å². The number of benzene rings is 1. The molecule has 1 aliphatic carbocycles. The van der Waals surface area contributed by atoms with Crippen LogP contribution >= 0.6 is 0 Å². The molecule has 152 valence electrons. The van der Waals surface area contributed by atoms with Gasteiger partial charge in [0.2, 0.25) is 0 Å². The number of carbonyl (C=O) groups is 2. The molecule has 3 heterocycles. The third-order valence-electron chi connectivity index (χ3n) is 5.95. The van der Waals surface area contributed by atoms with Gasteiger partial charge >= 0.3 is 0 Å². The van der Waals surface area contributed by atoms with E-state index in [2.05, 4.69) is 21.3 Å². The highest BCUT2D eigenvalue weighted by molar-refractivity contribution is 5.94. The first kappa shape index (κ1) is 18.2. The van der Waals surface area contributed by atoms with E-state index in [0.717, 1.165) is 49.3 Å². The Morgan fingerprint density at radius 3 is 2.79 bits per heavy atom. The maximum Gasteiger partial charge on any atom is 0.270 e. The van der Waals surface area contributed by atoms with Gasteiger partial charge in [-0.2, -0.15) is 0 Å². The van der Waals surface area contributed by atoms with E-state index in [1.54, 1.807) is 0 Å². The first-order valence-electron chi connectivity index (χ1n) is 10.5. The zero-order valence-corrected chi connectivity index (χ0v) is 16.4. The Labute approximate surface area is 170 Å². The van der Waals surface area contributed by atoms with E-state index in [-0.39, 0.29) is 5.91 Å². The number of likely N-dealkylation sites (tertiary alicyclic amines) is 1. The van der Waals surface area contributed by atoms with Crippen LogP contribution in [0.3, 0.4) is 0 Å². The minimum absolute atomic E-state index is 0.0334. The molecule has 0 atom stereocenters.